The summed E-state index contributed by atoms with van der Waals surface area (Å²) < 4.78 is 41.1. The number of carbonyl (C=O) groups excluding carboxylic acids is 1. The lowest BCUT2D eigenvalue weighted by molar-refractivity contribution is -0.141. The number of alkyl halides is 3. The molecule has 6 nitrogen and oxygen atoms in total. The fourth-order valence-corrected chi connectivity index (χ4v) is 2.76. The molecule has 4 heterocycles. The van der Waals surface area contributed by atoms with E-state index in [0.29, 0.717) is 28.4 Å². The van der Waals surface area contributed by atoms with Gasteiger partial charge in [0.2, 0.25) is 0 Å². The van der Waals surface area contributed by atoms with Gasteiger partial charge in [-0.05, 0) is 18.2 Å². The lowest BCUT2D eigenvalue weighted by atomic mass is 10.1. The van der Waals surface area contributed by atoms with Gasteiger partial charge in [0.05, 0.1) is 17.2 Å². The largest absolute Gasteiger partial charge is 0.408 e. The Kier molecular flexibility index (Phi) is 3.31. The van der Waals surface area contributed by atoms with E-state index in [1.54, 1.807) is 35.1 Å². The molecule has 25 heavy (non-hydrogen) atoms. The van der Waals surface area contributed by atoms with Crippen LogP contribution in [0.1, 0.15) is 10.5 Å². The Labute approximate surface area is 138 Å². The van der Waals surface area contributed by atoms with Crippen LogP contribution in [0.15, 0.2) is 42.9 Å². The zero-order chi connectivity index (χ0) is 17.6. The Bertz CT molecular complexity index is 1100. The van der Waals surface area contributed by atoms with E-state index in [2.05, 4.69) is 15.2 Å². The Balaban J connectivity index is 1.99. The molecule has 9 heteroatoms. The van der Waals surface area contributed by atoms with Gasteiger partial charge in [-0.1, -0.05) is 6.07 Å². The zero-order valence-corrected chi connectivity index (χ0v) is 12.6. The van der Waals surface area contributed by atoms with E-state index in [0.717, 1.165) is 4.68 Å². The number of aldehydes is 1. The van der Waals surface area contributed by atoms with Crippen LogP contribution in [0.5, 0.6) is 0 Å². The number of rotatable bonds is 3. The minimum absolute atomic E-state index is 0.0437. The Hall–Kier alpha value is -3.23. The van der Waals surface area contributed by atoms with E-state index in [1.807, 2.05) is 0 Å². The molecule has 4 rings (SSSR count). The van der Waals surface area contributed by atoms with Crippen molar-refractivity contribution in [3.05, 3.63) is 48.5 Å². The lowest BCUT2D eigenvalue weighted by Crippen LogP contribution is -2.18. The fraction of sp³-hybridized carbons (Fsp3) is 0.125. The molecule has 0 N–H and O–H groups in total. The molecule has 0 aliphatic rings. The molecule has 0 spiro atoms. The van der Waals surface area contributed by atoms with Crippen LogP contribution in [0.4, 0.5) is 13.2 Å². The normalized spacial score (nSPS) is 12.1. The maximum atomic E-state index is 12.9. The van der Waals surface area contributed by atoms with Crippen molar-refractivity contribution in [1.29, 1.82) is 0 Å². The molecule has 0 atom stereocenters. The molecular weight excluding hydrogens is 335 g/mol. The summed E-state index contributed by atoms with van der Waals surface area (Å²) in [5.41, 5.74) is 1.88. The molecule has 0 saturated heterocycles. The maximum absolute atomic E-state index is 12.9. The first kappa shape index (κ1) is 15.3. The smallest absolute Gasteiger partial charge is 0.296 e. The Morgan fingerprint density at radius 2 is 2.00 bits per heavy atom. The monoisotopic (exact) mass is 345 g/mol. The average Bonchev–Trinajstić information content (AvgIpc) is 3.14. The van der Waals surface area contributed by atoms with Gasteiger partial charge in [-0.15, -0.1) is 0 Å². The summed E-state index contributed by atoms with van der Waals surface area (Å²) in [4.78, 5) is 14.9. The van der Waals surface area contributed by atoms with Crippen molar-refractivity contribution in [2.45, 2.75) is 12.7 Å². The molecule has 4 aromatic heterocycles. The number of carbonyl (C=O) groups is 1. The minimum Gasteiger partial charge on any atom is -0.296 e. The lowest BCUT2D eigenvalue weighted by Gasteiger charge is -2.07. The summed E-state index contributed by atoms with van der Waals surface area (Å²) in [6.45, 7) is -1.26. The second-order valence-corrected chi connectivity index (χ2v) is 5.45. The van der Waals surface area contributed by atoms with Crippen LogP contribution in [-0.2, 0) is 6.54 Å². The first-order valence-electron chi connectivity index (χ1n) is 7.27. The zero-order valence-electron chi connectivity index (χ0n) is 12.6. The SMILES string of the molecule is O=Cc1cc2c(cn1)c(-c1cnn3ccccc13)nn2CC(F)(F)F. The third-order valence-electron chi connectivity index (χ3n) is 3.79. The molecule has 0 unspecified atom stereocenters. The highest BCUT2D eigenvalue weighted by Crippen LogP contribution is 2.32. The molecule has 0 fully saturated rings. The Morgan fingerprint density at radius 1 is 1.16 bits per heavy atom. The van der Waals surface area contributed by atoms with Gasteiger partial charge < -0.3 is 0 Å². The maximum Gasteiger partial charge on any atom is 0.408 e. The van der Waals surface area contributed by atoms with Crippen LogP contribution in [0.25, 0.3) is 27.7 Å². The van der Waals surface area contributed by atoms with Crippen LogP contribution in [0.3, 0.4) is 0 Å². The number of fused-ring (bicyclic) bond motifs is 2. The predicted octanol–water partition coefficient (Wildman–Crippen LogP) is 3.12. The van der Waals surface area contributed by atoms with Crippen molar-refractivity contribution in [1.82, 2.24) is 24.4 Å². The van der Waals surface area contributed by atoms with Crippen molar-refractivity contribution in [3.8, 4) is 11.3 Å². The van der Waals surface area contributed by atoms with Crippen LogP contribution in [-0.4, -0.2) is 36.8 Å². The van der Waals surface area contributed by atoms with Gasteiger partial charge in [-0.25, -0.2) is 4.52 Å². The fourth-order valence-electron chi connectivity index (χ4n) is 2.76. The van der Waals surface area contributed by atoms with Gasteiger partial charge in [-0.2, -0.15) is 23.4 Å². The predicted molar refractivity (Wildman–Crippen MR) is 83.2 cm³/mol. The number of halogens is 3. The first-order valence-corrected chi connectivity index (χ1v) is 7.27. The van der Waals surface area contributed by atoms with E-state index >= 15 is 0 Å². The standard InChI is InChI=1S/C16H10F3N5O/c17-16(18,19)9-24-14-5-10(8-25)20-6-11(14)15(22-24)12-7-21-23-4-2-1-3-13(12)23/h1-8H,9H2. The average molecular weight is 345 g/mol. The van der Waals surface area contributed by atoms with Gasteiger partial charge in [0.15, 0.2) is 6.29 Å². The topological polar surface area (TPSA) is 65.1 Å². The van der Waals surface area contributed by atoms with E-state index in [4.69, 9.17) is 0 Å². The first-order chi connectivity index (χ1) is 12.0. The summed E-state index contributed by atoms with van der Waals surface area (Å²) in [6, 6.07) is 6.70. The van der Waals surface area contributed by atoms with Gasteiger partial charge in [0.25, 0.3) is 0 Å². The van der Waals surface area contributed by atoms with E-state index in [-0.39, 0.29) is 11.2 Å². The van der Waals surface area contributed by atoms with Crippen LogP contribution in [0.2, 0.25) is 0 Å². The second-order valence-electron chi connectivity index (χ2n) is 5.45. The molecule has 4 aromatic rings. The third kappa shape index (κ3) is 2.63. The highest BCUT2D eigenvalue weighted by molar-refractivity contribution is 5.98. The number of hydrogen-bond acceptors (Lipinski definition) is 4. The second kappa shape index (κ2) is 5.40. The summed E-state index contributed by atoms with van der Waals surface area (Å²) in [5, 5.41) is 8.74. The molecule has 0 radical (unpaired) electrons. The molecule has 0 aliphatic heterocycles. The molecule has 0 aromatic carbocycles. The van der Waals surface area contributed by atoms with Gasteiger partial charge in [0, 0.05) is 23.3 Å². The molecular formula is C16H10F3N5O. The summed E-state index contributed by atoms with van der Waals surface area (Å²) in [7, 11) is 0. The van der Waals surface area contributed by atoms with Crippen molar-refractivity contribution >= 4 is 22.7 Å². The van der Waals surface area contributed by atoms with Crippen molar-refractivity contribution in [2.24, 2.45) is 0 Å². The van der Waals surface area contributed by atoms with Gasteiger partial charge in [0.1, 0.15) is 17.9 Å². The van der Waals surface area contributed by atoms with Gasteiger partial charge in [-0.3, -0.25) is 14.5 Å². The minimum atomic E-state index is -4.44. The summed E-state index contributed by atoms with van der Waals surface area (Å²) in [6.07, 6.45) is 0.682. The van der Waals surface area contributed by atoms with E-state index < -0.39 is 12.7 Å². The molecule has 126 valence electrons. The van der Waals surface area contributed by atoms with Crippen molar-refractivity contribution < 1.29 is 18.0 Å². The number of pyridine rings is 2. The van der Waals surface area contributed by atoms with Crippen molar-refractivity contribution in [2.75, 3.05) is 0 Å². The molecule has 0 saturated carbocycles. The van der Waals surface area contributed by atoms with Crippen LogP contribution in [0, 0.1) is 0 Å². The quantitative estimate of drug-likeness (QED) is 0.535. The highest BCUT2D eigenvalue weighted by Gasteiger charge is 2.30. The number of hydrogen-bond donors (Lipinski definition) is 0. The number of nitrogens with zero attached hydrogens (tertiary/aromatic N) is 5. The van der Waals surface area contributed by atoms with Crippen LogP contribution >= 0.6 is 0 Å². The summed E-state index contributed by atoms with van der Waals surface area (Å²) >= 11 is 0. The Morgan fingerprint density at radius 3 is 2.76 bits per heavy atom. The third-order valence-corrected chi connectivity index (χ3v) is 3.79. The molecule has 0 amide bonds. The van der Waals surface area contributed by atoms with Crippen molar-refractivity contribution in [3.63, 3.8) is 0 Å². The molecule has 0 bridgehead atoms. The van der Waals surface area contributed by atoms with E-state index in [9.17, 15) is 18.0 Å². The number of aromatic nitrogens is 5. The van der Waals surface area contributed by atoms with E-state index in [1.165, 1.54) is 12.3 Å². The molecule has 0 aliphatic carbocycles. The highest BCUT2D eigenvalue weighted by atomic mass is 19.4. The summed E-state index contributed by atoms with van der Waals surface area (Å²) in [5.74, 6) is 0. The van der Waals surface area contributed by atoms with Gasteiger partial charge >= 0.3 is 6.18 Å². The van der Waals surface area contributed by atoms with Crippen LogP contribution < -0.4 is 0 Å².